The van der Waals surface area contributed by atoms with E-state index in [1.807, 2.05) is 53.7 Å². The van der Waals surface area contributed by atoms with Gasteiger partial charge < -0.3 is 16.2 Å². The summed E-state index contributed by atoms with van der Waals surface area (Å²) >= 11 is 11.2. The Kier molecular flexibility index (Phi) is 6.73. The highest BCUT2D eigenvalue weighted by Gasteiger charge is 2.14. The van der Waals surface area contributed by atoms with Crippen LogP contribution in [0.15, 0.2) is 12.1 Å². The van der Waals surface area contributed by atoms with Crippen molar-refractivity contribution in [2.75, 3.05) is 24.7 Å². The van der Waals surface area contributed by atoms with Crippen molar-refractivity contribution in [2.24, 2.45) is 0 Å². The van der Waals surface area contributed by atoms with Crippen molar-refractivity contribution in [3.8, 4) is 0 Å². The number of nitrogens with two attached hydrogens (primary N) is 2. The van der Waals surface area contributed by atoms with Gasteiger partial charge in [-0.25, -0.2) is 0 Å². The smallest absolute Gasteiger partial charge is 0.0828 e. The molecule has 0 saturated heterocycles. The summed E-state index contributed by atoms with van der Waals surface area (Å²) in [6, 6.07) is 4.08. The van der Waals surface area contributed by atoms with Crippen LogP contribution in [0, 0.1) is 41.5 Å². The molecule has 0 aliphatic carbocycles. The minimum Gasteiger partial charge on any atom is -0.398 e. The SMILES string of the molecule is Cc1cc(C(=S)COCC(=S)c2cc(C)c(N)c(C)c2C)c(C)c(C)c1N. The lowest BCUT2D eigenvalue weighted by atomic mass is 9.96. The fourth-order valence-electron chi connectivity index (χ4n) is 3.18. The molecule has 27 heavy (non-hydrogen) atoms. The molecule has 0 saturated carbocycles. The van der Waals surface area contributed by atoms with Crippen LogP contribution in [-0.4, -0.2) is 22.9 Å². The largest absolute Gasteiger partial charge is 0.398 e. The van der Waals surface area contributed by atoms with Gasteiger partial charge in [0.2, 0.25) is 0 Å². The third kappa shape index (κ3) is 4.37. The summed E-state index contributed by atoms with van der Waals surface area (Å²) < 4.78 is 5.85. The zero-order valence-electron chi connectivity index (χ0n) is 16.9. The molecule has 0 unspecified atom stereocenters. The zero-order valence-corrected chi connectivity index (χ0v) is 18.6. The van der Waals surface area contributed by atoms with E-state index in [1.165, 1.54) is 0 Å². The topological polar surface area (TPSA) is 61.3 Å². The van der Waals surface area contributed by atoms with E-state index < -0.39 is 0 Å². The van der Waals surface area contributed by atoms with Gasteiger partial charge in [0.25, 0.3) is 0 Å². The predicted molar refractivity (Wildman–Crippen MR) is 124 cm³/mol. The average Bonchev–Trinajstić information content (AvgIpc) is 2.63. The van der Waals surface area contributed by atoms with Gasteiger partial charge in [-0.15, -0.1) is 0 Å². The Morgan fingerprint density at radius 1 is 0.704 bits per heavy atom. The van der Waals surface area contributed by atoms with Crippen LogP contribution in [-0.2, 0) is 4.74 Å². The number of ether oxygens (including phenoxy) is 1. The number of benzene rings is 2. The Labute approximate surface area is 173 Å². The minimum atomic E-state index is 0.352. The van der Waals surface area contributed by atoms with Gasteiger partial charge in [0.15, 0.2) is 0 Å². The molecular weight excluding hydrogens is 372 g/mol. The van der Waals surface area contributed by atoms with E-state index in [0.717, 1.165) is 65.6 Å². The van der Waals surface area contributed by atoms with E-state index in [9.17, 15) is 0 Å². The normalized spacial score (nSPS) is 10.9. The lowest BCUT2D eigenvalue weighted by molar-refractivity contribution is 0.218. The number of hydrogen-bond acceptors (Lipinski definition) is 5. The first-order valence-electron chi connectivity index (χ1n) is 8.92. The molecular formula is C22H28N2OS2. The Balaban J connectivity index is 2.09. The van der Waals surface area contributed by atoms with Gasteiger partial charge in [-0.1, -0.05) is 24.4 Å². The second kappa shape index (κ2) is 8.46. The number of rotatable bonds is 6. The molecule has 0 spiro atoms. The molecule has 0 amide bonds. The fraction of sp³-hybridized carbons (Fsp3) is 0.364. The molecule has 0 atom stereocenters. The van der Waals surface area contributed by atoms with Crippen molar-refractivity contribution in [3.63, 3.8) is 0 Å². The van der Waals surface area contributed by atoms with Crippen molar-refractivity contribution >= 4 is 45.5 Å². The highest BCUT2D eigenvalue weighted by molar-refractivity contribution is 7.81. The number of nitrogen functional groups attached to an aromatic ring is 2. The Bertz CT molecular complexity index is 857. The Morgan fingerprint density at radius 3 is 1.37 bits per heavy atom. The highest BCUT2D eigenvalue weighted by Crippen LogP contribution is 2.26. The third-order valence-corrected chi connectivity index (χ3v) is 6.06. The number of thiocarbonyl (C=S) groups is 2. The first-order chi connectivity index (χ1) is 12.6. The summed E-state index contributed by atoms with van der Waals surface area (Å²) in [5.74, 6) is 0. The molecule has 0 aliphatic heterocycles. The van der Waals surface area contributed by atoms with E-state index in [0.29, 0.717) is 13.2 Å². The first-order valence-corrected chi connectivity index (χ1v) is 9.74. The van der Waals surface area contributed by atoms with Crippen LogP contribution in [0.4, 0.5) is 11.4 Å². The summed E-state index contributed by atoms with van der Waals surface area (Å²) in [6.45, 7) is 12.8. The van der Waals surface area contributed by atoms with Gasteiger partial charge in [0, 0.05) is 21.1 Å². The second-order valence-electron chi connectivity index (χ2n) is 7.15. The highest BCUT2D eigenvalue weighted by atomic mass is 32.1. The van der Waals surface area contributed by atoms with Crippen LogP contribution in [0.3, 0.4) is 0 Å². The fourth-order valence-corrected chi connectivity index (χ4v) is 3.77. The molecule has 0 heterocycles. The lowest BCUT2D eigenvalue weighted by Crippen LogP contribution is -2.17. The molecule has 0 fully saturated rings. The molecule has 0 bridgehead atoms. The van der Waals surface area contributed by atoms with E-state index >= 15 is 0 Å². The van der Waals surface area contributed by atoms with Crippen LogP contribution in [0.5, 0.6) is 0 Å². The maximum Gasteiger partial charge on any atom is 0.0828 e. The molecule has 2 aromatic rings. The summed E-state index contributed by atoms with van der Waals surface area (Å²) in [7, 11) is 0. The van der Waals surface area contributed by atoms with Crippen molar-refractivity contribution < 1.29 is 4.74 Å². The van der Waals surface area contributed by atoms with Gasteiger partial charge in [-0.3, -0.25) is 0 Å². The van der Waals surface area contributed by atoms with E-state index in [2.05, 4.69) is 0 Å². The molecule has 2 rings (SSSR count). The van der Waals surface area contributed by atoms with Crippen molar-refractivity contribution in [1.82, 2.24) is 0 Å². The maximum absolute atomic E-state index is 6.10. The van der Waals surface area contributed by atoms with E-state index in [4.69, 9.17) is 40.6 Å². The number of aryl methyl sites for hydroxylation is 2. The maximum atomic E-state index is 6.10. The molecule has 3 nitrogen and oxygen atoms in total. The summed E-state index contributed by atoms with van der Waals surface area (Å²) in [6.07, 6.45) is 0. The van der Waals surface area contributed by atoms with Crippen LogP contribution >= 0.6 is 24.4 Å². The van der Waals surface area contributed by atoms with Crippen molar-refractivity contribution in [1.29, 1.82) is 0 Å². The molecule has 5 heteroatoms. The lowest BCUT2D eigenvalue weighted by Gasteiger charge is -2.16. The minimum absolute atomic E-state index is 0.352. The first kappa shape index (κ1) is 21.5. The molecule has 0 aliphatic rings. The van der Waals surface area contributed by atoms with Crippen molar-refractivity contribution in [3.05, 3.63) is 56.6 Å². The summed E-state index contributed by atoms with van der Waals surface area (Å²) in [5, 5.41) is 0. The molecule has 0 radical (unpaired) electrons. The Hall–Kier alpha value is -1.82. The van der Waals surface area contributed by atoms with Gasteiger partial charge in [0.1, 0.15) is 0 Å². The monoisotopic (exact) mass is 400 g/mol. The van der Waals surface area contributed by atoms with Gasteiger partial charge >= 0.3 is 0 Å². The molecule has 4 N–H and O–H groups in total. The molecule has 0 aromatic heterocycles. The second-order valence-corrected chi connectivity index (χ2v) is 8.13. The predicted octanol–water partition coefficient (Wildman–Crippen LogP) is 4.85. The standard InChI is InChI=1S/C22H28N2OS2/c1-11-7-17(13(3)15(5)21(11)23)19(26)9-25-10-20(27)18-8-12(2)22(24)16(6)14(18)4/h7-8H,9-10,23-24H2,1-6H3. The van der Waals surface area contributed by atoms with Gasteiger partial charge in [-0.05, 0) is 98.2 Å². The summed E-state index contributed by atoms with van der Waals surface area (Å²) in [5.41, 5.74) is 22.3. The van der Waals surface area contributed by atoms with E-state index in [-0.39, 0.29) is 0 Å². The average molecular weight is 401 g/mol. The third-order valence-electron chi connectivity index (χ3n) is 5.38. The van der Waals surface area contributed by atoms with Crippen LogP contribution in [0.25, 0.3) is 0 Å². The van der Waals surface area contributed by atoms with E-state index in [1.54, 1.807) is 0 Å². The quantitative estimate of drug-likeness (QED) is 0.412. The van der Waals surface area contributed by atoms with Gasteiger partial charge in [-0.2, -0.15) is 0 Å². The van der Waals surface area contributed by atoms with Crippen LogP contribution in [0.1, 0.15) is 44.5 Å². The molecule has 2 aromatic carbocycles. The summed E-state index contributed by atoms with van der Waals surface area (Å²) in [4.78, 5) is 1.53. The number of anilines is 2. The van der Waals surface area contributed by atoms with Crippen LogP contribution in [0.2, 0.25) is 0 Å². The van der Waals surface area contributed by atoms with Crippen LogP contribution < -0.4 is 11.5 Å². The Morgan fingerprint density at radius 2 is 1.04 bits per heavy atom. The number of hydrogen-bond donors (Lipinski definition) is 2. The zero-order chi connectivity index (χ0) is 20.5. The van der Waals surface area contributed by atoms with Gasteiger partial charge in [0.05, 0.1) is 13.2 Å². The molecule has 144 valence electrons. The van der Waals surface area contributed by atoms with Crippen molar-refractivity contribution in [2.45, 2.75) is 41.5 Å².